The molecule has 2 atom stereocenters. The third-order valence-corrected chi connectivity index (χ3v) is 5.85. The highest BCUT2D eigenvalue weighted by atomic mass is 35.5. The molecule has 1 saturated carbocycles. The molecule has 0 bridgehead atoms. The smallest absolute Gasteiger partial charge is 0.0615 e. The Kier molecular flexibility index (Phi) is 5.58. The SMILES string of the molecule is CNC1(CO)CCCC1CCSc1ccccc1Cl. The molecule has 106 valence electrons. The molecule has 0 aromatic heterocycles. The van der Waals surface area contributed by atoms with E-state index in [4.69, 9.17) is 11.6 Å². The van der Waals surface area contributed by atoms with Gasteiger partial charge in [-0.05, 0) is 50.1 Å². The third kappa shape index (κ3) is 3.46. The van der Waals surface area contributed by atoms with E-state index in [1.54, 1.807) is 0 Å². The lowest BCUT2D eigenvalue weighted by Crippen LogP contribution is -2.49. The highest BCUT2D eigenvalue weighted by molar-refractivity contribution is 7.99. The largest absolute Gasteiger partial charge is 0.394 e. The summed E-state index contributed by atoms with van der Waals surface area (Å²) in [7, 11) is 1.97. The Bertz CT molecular complexity index is 409. The van der Waals surface area contributed by atoms with Crippen molar-refractivity contribution < 1.29 is 5.11 Å². The lowest BCUT2D eigenvalue weighted by atomic mass is 9.86. The van der Waals surface area contributed by atoms with E-state index in [0.29, 0.717) is 5.92 Å². The Morgan fingerprint density at radius 1 is 1.47 bits per heavy atom. The van der Waals surface area contributed by atoms with Crippen LogP contribution in [0, 0.1) is 5.92 Å². The van der Waals surface area contributed by atoms with E-state index in [2.05, 4.69) is 11.4 Å². The fourth-order valence-corrected chi connectivity index (χ4v) is 4.36. The molecule has 4 heteroatoms. The van der Waals surface area contributed by atoms with Crippen LogP contribution in [-0.2, 0) is 0 Å². The van der Waals surface area contributed by atoms with Crippen molar-refractivity contribution in [2.24, 2.45) is 5.92 Å². The summed E-state index contributed by atoms with van der Waals surface area (Å²) in [4.78, 5) is 1.15. The second kappa shape index (κ2) is 6.98. The molecule has 1 aliphatic rings. The number of rotatable bonds is 6. The number of nitrogens with one attached hydrogen (secondary N) is 1. The fourth-order valence-electron chi connectivity index (χ4n) is 3.05. The van der Waals surface area contributed by atoms with Crippen molar-refractivity contribution in [2.45, 2.75) is 36.1 Å². The standard InChI is InChI=1S/C15H22ClNOS/c1-17-15(11-18)9-4-5-12(15)8-10-19-14-7-3-2-6-13(14)16/h2-3,6-7,12,17-18H,4-5,8-11H2,1H3. The van der Waals surface area contributed by atoms with Gasteiger partial charge in [0.2, 0.25) is 0 Å². The molecule has 19 heavy (non-hydrogen) atoms. The highest BCUT2D eigenvalue weighted by Crippen LogP contribution is 2.39. The van der Waals surface area contributed by atoms with E-state index < -0.39 is 0 Å². The molecular formula is C15H22ClNOS. The van der Waals surface area contributed by atoms with E-state index >= 15 is 0 Å². The number of likely N-dealkylation sites (N-methyl/N-ethyl adjacent to an activating group) is 1. The van der Waals surface area contributed by atoms with Crippen molar-refractivity contribution in [3.05, 3.63) is 29.3 Å². The zero-order valence-corrected chi connectivity index (χ0v) is 12.9. The normalized spacial score (nSPS) is 26.8. The molecule has 0 heterocycles. The lowest BCUT2D eigenvalue weighted by molar-refractivity contribution is 0.130. The predicted octanol–water partition coefficient (Wildman–Crippen LogP) is 3.57. The van der Waals surface area contributed by atoms with Gasteiger partial charge in [-0.2, -0.15) is 0 Å². The molecule has 2 N–H and O–H groups in total. The number of hydrogen-bond acceptors (Lipinski definition) is 3. The summed E-state index contributed by atoms with van der Waals surface area (Å²) in [5.74, 6) is 1.62. The second-order valence-electron chi connectivity index (χ2n) is 5.22. The van der Waals surface area contributed by atoms with Crippen LogP contribution < -0.4 is 5.32 Å². The molecule has 0 radical (unpaired) electrons. The molecular weight excluding hydrogens is 278 g/mol. The van der Waals surface area contributed by atoms with Gasteiger partial charge in [0.1, 0.15) is 0 Å². The maximum Gasteiger partial charge on any atom is 0.0615 e. The molecule has 1 aromatic rings. The van der Waals surface area contributed by atoms with Crippen LogP contribution in [0.3, 0.4) is 0 Å². The Hall–Kier alpha value is -0.220. The summed E-state index contributed by atoms with van der Waals surface area (Å²) in [6, 6.07) is 7.99. The van der Waals surface area contributed by atoms with Crippen molar-refractivity contribution >= 4 is 23.4 Å². The van der Waals surface area contributed by atoms with E-state index in [1.807, 2.05) is 37.0 Å². The summed E-state index contributed by atoms with van der Waals surface area (Å²) in [5.41, 5.74) is -0.0545. The number of benzene rings is 1. The quantitative estimate of drug-likeness (QED) is 0.788. The van der Waals surface area contributed by atoms with Crippen LogP contribution in [0.5, 0.6) is 0 Å². The van der Waals surface area contributed by atoms with Crippen molar-refractivity contribution in [3.63, 3.8) is 0 Å². The van der Waals surface area contributed by atoms with Gasteiger partial charge >= 0.3 is 0 Å². The van der Waals surface area contributed by atoms with Gasteiger partial charge in [0.15, 0.2) is 0 Å². The van der Waals surface area contributed by atoms with Gasteiger partial charge in [0.25, 0.3) is 0 Å². The van der Waals surface area contributed by atoms with Crippen molar-refractivity contribution in [3.8, 4) is 0 Å². The molecule has 0 saturated heterocycles. The number of thioether (sulfide) groups is 1. The first kappa shape index (κ1) is 15.2. The Morgan fingerprint density at radius 3 is 2.95 bits per heavy atom. The topological polar surface area (TPSA) is 32.3 Å². The Labute approximate surface area is 124 Å². The minimum Gasteiger partial charge on any atom is -0.394 e. The van der Waals surface area contributed by atoms with Crippen LogP contribution in [0.15, 0.2) is 29.2 Å². The maximum absolute atomic E-state index is 9.66. The molecule has 2 rings (SSSR count). The van der Waals surface area contributed by atoms with Crippen LogP contribution in [0.2, 0.25) is 5.02 Å². The van der Waals surface area contributed by atoms with Gasteiger partial charge in [-0.15, -0.1) is 11.8 Å². The van der Waals surface area contributed by atoms with Crippen molar-refractivity contribution in [1.29, 1.82) is 0 Å². The van der Waals surface area contributed by atoms with Crippen LogP contribution in [-0.4, -0.2) is 30.1 Å². The molecule has 0 aliphatic heterocycles. The molecule has 1 aromatic carbocycles. The molecule has 0 spiro atoms. The van der Waals surface area contributed by atoms with Crippen molar-refractivity contribution in [1.82, 2.24) is 5.32 Å². The van der Waals surface area contributed by atoms with Crippen molar-refractivity contribution in [2.75, 3.05) is 19.4 Å². The first-order valence-corrected chi connectivity index (χ1v) is 8.25. The van der Waals surface area contributed by atoms with E-state index in [9.17, 15) is 5.11 Å². The average molecular weight is 300 g/mol. The number of halogens is 1. The van der Waals surface area contributed by atoms with E-state index in [1.165, 1.54) is 12.8 Å². The summed E-state index contributed by atoms with van der Waals surface area (Å²) in [6.07, 6.45) is 4.63. The van der Waals surface area contributed by atoms with Gasteiger partial charge in [-0.3, -0.25) is 0 Å². The minimum atomic E-state index is -0.0545. The molecule has 2 nitrogen and oxygen atoms in total. The fraction of sp³-hybridized carbons (Fsp3) is 0.600. The highest BCUT2D eigenvalue weighted by Gasteiger charge is 2.40. The van der Waals surface area contributed by atoms with Crippen LogP contribution >= 0.6 is 23.4 Å². The van der Waals surface area contributed by atoms with Gasteiger partial charge in [0, 0.05) is 10.4 Å². The Balaban J connectivity index is 1.87. The zero-order valence-electron chi connectivity index (χ0n) is 11.4. The third-order valence-electron chi connectivity index (χ3n) is 4.30. The second-order valence-corrected chi connectivity index (χ2v) is 6.76. The lowest BCUT2D eigenvalue weighted by Gasteiger charge is -2.33. The number of hydrogen-bond donors (Lipinski definition) is 2. The van der Waals surface area contributed by atoms with Gasteiger partial charge in [0.05, 0.1) is 11.6 Å². The maximum atomic E-state index is 9.66. The number of aliphatic hydroxyl groups excluding tert-OH is 1. The van der Waals surface area contributed by atoms with E-state index in [0.717, 1.165) is 28.5 Å². The summed E-state index contributed by atoms with van der Waals surface area (Å²) in [6.45, 7) is 0.241. The molecule has 2 unspecified atom stereocenters. The molecule has 1 aliphatic carbocycles. The minimum absolute atomic E-state index is 0.0545. The monoisotopic (exact) mass is 299 g/mol. The van der Waals surface area contributed by atoms with Crippen LogP contribution in [0.25, 0.3) is 0 Å². The summed E-state index contributed by atoms with van der Waals surface area (Å²) in [5, 5.41) is 13.8. The number of aliphatic hydroxyl groups is 1. The van der Waals surface area contributed by atoms with Gasteiger partial charge < -0.3 is 10.4 Å². The Morgan fingerprint density at radius 2 is 2.26 bits per heavy atom. The summed E-state index contributed by atoms with van der Waals surface area (Å²) >= 11 is 7.97. The van der Waals surface area contributed by atoms with Gasteiger partial charge in [-0.25, -0.2) is 0 Å². The molecule has 0 amide bonds. The van der Waals surface area contributed by atoms with E-state index in [-0.39, 0.29) is 12.1 Å². The first-order chi connectivity index (χ1) is 9.22. The first-order valence-electron chi connectivity index (χ1n) is 6.89. The summed E-state index contributed by atoms with van der Waals surface area (Å²) < 4.78 is 0. The molecule has 1 fully saturated rings. The zero-order chi connectivity index (χ0) is 13.7. The predicted molar refractivity (Wildman–Crippen MR) is 83.0 cm³/mol. The van der Waals surface area contributed by atoms with Crippen LogP contribution in [0.1, 0.15) is 25.7 Å². The average Bonchev–Trinajstić information content (AvgIpc) is 2.84. The van der Waals surface area contributed by atoms with Gasteiger partial charge in [-0.1, -0.05) is 30.2 Å². The van der Waals surface area contributed by atoms with Crippen LogP contribution in [0.4, 0.5) is 0 Å².